The van der Waals surface area contributed by atoms with E-state index in [1.807, 2.05) is 56.3 Å². The molecule has 1 N–H and O–H groups in total. The van der Waals surface area contributed by atoms with E-state index in [9.17, 15) is 9.59 Å². The second-order valence-electron chi connectivity index (χ2n) is 7.83. The molecule has 0 spiro atoms. The van der Waals surface area contributed by atoms with E-state index in [1.165, 1.54) is 11.8 Å². The molecule has 0 aliphatic carbocycles. The van der Waals surface area contributed by atoms with Crippen molar-refractivity contribution < 1.29 is 4.79 Å². The van der Waals surface area contributed by atoms with Crippen molar-refractivity contribution in [2.45, 2.75) is 32.3 Å². The summed E-state index contributed by atoms with van der Waals surface area (Å²) in [7, 11) is 0. The minimum Gasteiger partial charge on any atom is -0.325 e. The van der Waals surface area contributed by atoms with Crippen molar-refractivity contribution in [3.8, 4) is 5.69 Å². The van der Waals surface area contributed by atoms with Gasteiger partial charge in [-0.1, -0.05) is 60.6 Å². The first-order valence-corrected chi connectivity index (χ1v) is 12.0. The first-order valence-electron chi connectivity index (χ1n) is 10.7. The Kier molecular flexibility index (Phi) is 6.86. The van der Waals surface area contributed by atoms with E-state index >= 15 is 0 Å². The smallest absolute Gasteiger partial charge is 0.266 e. The molecule has 0 unspecified atom stereocenters. The molecule has 3 aromatic carbocycles. The molecule has 0 atom stereocenters. The highest BCUT2D eigenvalue weighted by molar-refractivity contribution is 7.99. The summed E-state index contributed by atoms with van der Waals surface area (Å²) in [5.74, 6) is -0.0396. The number of amides is 1. The third-order valence-corrected chi connectivity index (χ3v) is 6.57. The number of aryl methyl sites for hydroxylation is 3. The molecule has 5 nitrogen and oxygen atoms in total. The van der Waals surface area contributed by atoms with Gasteiger partial charge in [-0.3, -0.25) is 14.2 Å². The van der Waals surface area contributed by atoms with Crippen molar-refractivity contribution in [1.29, 1.82) is 0 Å². The molecule has 0 saturated carbocycles. The fraction of sp³-hybridized carbons (Fsp3) is 0.192. The van der Waals surface area contributed by atoms with Gasteiger partial charge in [-0.05, 0) is 67.3 Å². The zero-order valence-corrected chi connectivity index (χ0v) is 20.3. The van der Waals surface area contributed by atoms with Crippen LogP contribution < -0.4 is 10.9 Å². The first kappa shape index (κ1) is 23.1. The van der Waals surface area contributed by atoms with Gasteiger partial charge in [-0.2, -0.15) is 0 Å². The molecule has 4 rings (SSSR count). The molecule has 168 valence electrons. The molecule has 1 heterocycles. The molecule has 1 amide bonds. The molecule has 0 aliphatic heterocycles. The van der Waals surface area contributed by atoms with E-state index in [2.05, 4.69) is 12.2 Å². The Morgan fingerprint density at radius 1 is 1.09 bits per heavy atom. The Hall–Kier alpha value is -3.09. The normalized spacial score (nSPS) is 11.0. The van der Waals surface area contributed by atoms with Crippen LogP contribution in [0, 0.1) is 13.8 Å². The van der Waals surface area contributed by atoms with Gasteiger partial charge in [-0.15, -0.1) is 0 Å². The molecule has 33 heavy (non-hydrogen) atoms. The van der Waals surface area contributed by atoms with Crippen LogP contribution in [-0.4, -0.2) is 21.2 Å². The molecule has 0 aliphatic rings. The number of carbonyl (C=O) groups excluding carboxylic acids is 1. The monoisotopic (exact) mass is 477 g/mol. The summed E-state index contributed by atoms with van der Waals surface area (Å²) in [5.41, 5.74) is 4.99. The highest BCUT2D eigenvalue weighted by atomic mass is 35.5. The van der Waals surface area contributed by atoms with Crippen LogP contribution in [0.5, 0.6) is 0 Å². The fourth-order valence-electron chi connectivity index (χ4n) is 3.74. The Morgan fingerprint density at radius 3 is 2.64 bits per heavy atom. The van der Waals surface area contributed by atoms with Gasteiger partial charge in [0.1, 0.15) is 0 Å². The number of halogens is 1. The first-order chi connectivity index (χ1) is 15.9. The number of benzene rings is 3. The molecule has 1 aromatic heterocycles. The van der Waals surface area contributed by atoms with E-state index in [0.29, 0.717) is 26.8 Å². The van der Waals surface area contributed by atoms with Crippen molar-refractivity contribution in [2.75, 3.05) is 11.1 Å². The van der Waals surface area contributed by atoms with E-state index in [1.54, 1.807) is 22.8 Å². The molecule has 0 bridgehead atoms. The maximum Gasteiger partial charge on any atom is 0.266 e. The Morgan fingerprint density at radius 2 is 1.88 bits per heavy atom. The van der Waals surface area contributed by atoms with Gasteiger partial charge in [0.2, 0.25) is 5.91 Å². The lowest BCUT2D eigenvalue weighted by atomic mass is 10.1. The minimum atomic E-state index is -0.197. The quantitative estimate of drug-likeness (QED) is 0.275. The van der Waals surface area contributed by atoms with E-state index in [0.717, 1.165) is 28.8 Å². The second kappa shape index (κ2) is 9.81. The van der Waals surface area contributed by atoms with Crippen LogP contribution in [0.1, 0.15) is 23.6 Å². The molecule has 7 heteroatoms. The summed E-state index contributed by atoms with van der Waals surface area (Å²) >= 11 is 7.37. The van der Waals surface area contributed by atoms with Gasteiger partial charge in [0.05, 0.1) is 22.3 Å². The number of aromatic nitrogens is 2. The lowest BCUT2D eigenvalue weighted by molar-refractivity contribution is -0.113. The second-order valence-corrected chi connectivity index (χ2v) is 9.21. The molecule has 0 radical (unpaired) electrons. The number of hydrogen-bond donors (Lipinski definition) is 1. The van der Waals surface area contributed by atoms with Gasteiger partial charge in [0.25, 0.3) is 5.56 Å². The Bertz CT molecular complexity index is 1410. The molecular weight excluding hydrogens is 454 g/mol. The van der Waals surface area contributed by atoms with Crippen molar-refractivity contribution in [1.82, 2.24) is 9.55 Å². The Labute approximate surface area is 201 Å². The molecule has 0 fully saturated rings. The average molecular weight is 478 g/mol. The summed E-state index contributed by atoms with van der Waals surface area (Å²) in [5, 5.41) is 4.45. The number of nitrogens with one attached hydrogen (secondary N) is 1. The average Bonchev–Trinajstić information content (AvgIpc) is 2.78. The zero-order chi connectivity index (χ0) is 23.5. The van der Waals surface area contributed by atoms with Gasteiger partial charge in [0.15, 0.2) is 5.16 Å². The number of carbonyl (C=O) groups is 1. The predicted molar refractivity (Wildman–Crippen MR) is 137 cm³/mol. The van der Waals surface area contributed by atoms with Crippen LogP contribution in [-0.2, 0) is 11.2 Å². The van der Waals surface area contributed by atoms with Crippen LogP contribution in [0.25, 0.3) is 16.6 Å². The minimum absolute atomic E-state index is 0.113. The number of anilines is 1. The van der Waals surface area contributed by atoms with Gasteiger partial charge in [0, 0.05) is 10.7 Å². The fourth-order valence-corrected chi connectivity index (χ4v) is 4.72. The van der Waals surface area contributed by atoms with Crippen LogP contribution in [0.2, 0.25) is 5.02 Å². The SMILES string of the molecule is CCc1cccc(C)c1NC(=O)CSc1nc2cc(Cl)ccc2c(=O)n1-c1cccc(C)c1. The third kappa shape index (κ3) is 4.97. The summed E-state index contributed by atoms with van der Waals surface area (Å²) in [4.78, 5) is 30.9. The van der Waals surface area contributed by atoms with Crippen LogP contribution in [0.3, 0.4) is 0 Å². The lowest BCUT2D eigenvalue weighted by Gasteiger charge is -2.15. The number of para-hydroxylation sites is 1. The predicted octanol–water partition coefficient (Wildman–Crippen LogP) is 5.95. The van der Waals surface area contributed by atoms with Gasteiger partial charge >= 0.3 is 0 Å². The molecular formula is C26H24ClN3O2S. The highest BCUT2D eigenvalue weighted by Gasteiger charge is 2.16. The van der Waals surface area contributed by atoms with Crippen LogP contribution >= 0.6 is 23.4 Å². The number of rotatable bonds is 6. The summed E-state index contributed by atoms with van der Waals surface area (Å²) < 4.78 is 1.56. The largest absolute Gasteiger partial charge is 0.325 e. The van der Waals surface area contributed by atoms with Crippen molar-refractivity contribution in [3.05, 3.63) is 92.7 Å². The topological polar surface area (TPSA) is 64.0 Å². The molecule has 0 saturated heterocycles. The summed E-state index contributed by atoms with van der Waals surface area (Å²) in [6, 6.07) is 18.7. The maximum absolute atomic E-state index is 13.4. The van der Waals surface area contributed by atoms with Crippen molar-refractivity contribution >= 4 is 45.9 Å². The van der Waals surface area contributed by atoms with Crippen LogP contribution in [0.15, 0.2) is 70.6 Å². The van der Waals surface area contributed by atoms with Crippen molar-refractivity contribution in [3.63, 3.8) is 0 Å². The highest BCUT2D eigenvalue weighted by Crippen LogP contribution is 2.25. The van der Waals surface area contributed by atoms with E-state index in [4.69, 9.17) is 16.6 Å². The lowest BCUT2D eigenvalue weighted by Crippen LogP contribution is -2.23. The number of thioether (sulfide) groups is 1. The summed E-state index contributed by atoms with van der Waals surface area (Å²) in [6.45, 7) is 6.01. The standard InChI is InChI=1S/C26H24ClN3O2S/c1-4-18-9-6-8-17(3)24(18)29-23(31)15-33-26-28-22-14-19(27)11-12-21(22)25(32)30(26)20-10-5-7-16(2)13-20/h5-14H,4,15H2,1-3H3,(H,29,31). The van der Waals surface area contributed by atoms with Gasteiger partial charge < -0.3 is 5.32 Å². The van der Waals surface area contributed by atoms with E-state index in [-0.39, 0.29) is 17.2 Å². The Balaban J connectivity index is 1.70. The van der Waals surface area contributed by atoms with E-state index < -0.39 is 0 Å². The maximum atomic E-state index is 13.4. The third-order valence-electron chi connectivity index (χ3n) is 5.40. The number of nitrogens with zero attached hydrogens (tertiary/aromatic N) is 2. The number of fused-ring (bicyclic) bond motifs is 1. The zero-order valence-electron chi connectivity index (χ0n) is 18.7. The number of hydrogen-bond acceptors (Lipinski definition) is 4. The van der Waals surface area contributed by atoms with Crippen molar-refractivity contribution in [2.24, 2.45) is 0 Å². The molecule has 4 aromatic rings. The van der Waals surface area contributed by atoms with Gasteiger partial charge in [-0.25, -0.2) is 4.98 Å². The summed E-state index contributed by atoms with van der Waals surface area (Å²) in [6.07, 6.45) is 0.824. The van der Waals surface area contributed by atoms with Crippen LogP contribution in [0.4, 0.5) is 5.69 Å².